The van der Waals surface area contributed by atoms with Gasteiger partial charge < -0.3 is 16.0 Å². The van der Waals surface area contributed by atoms with E-state index in [-0.39, 0.29) is 11.3 Å². The highest BCUT2D eigenvalue weighted by molar-refractivity contribution is 5.80. The number of carbonyl (C=O) groups excluding carboxylic acids is 1. The zero-order valence-electron chi connectivity index (χ0n) is 10.0. The summed E-state index contributed by atoms with van der Waals surface area (Å²) in [6.45, 7) is 6.93. The van der Waals surface area contributed by atoms with Crippen LogP contribution in [0, 0.1) is 5.41 Å². The molecule has 0 saturated carbocycles. The normalized spacial score (nSPS) is 23.5. The van der Waals surface area contributed by atoms with E-state index in [0.29, 0.717) is 0 Å². The van der Waals surface area contributed by atoms with Crippen LogP contribution in [0.1, 0.15) is 26.7 Å². The number of hydrogen-bond acceptors (Lipinski definition) is 3. The van der Waals surface area contributed by atoms with Gasteiger partial charge in [0.05, 0.1) is 6.04 Å². The predicted molar refractivity (Wildman–Crippen MR) is 61.5 cm³/mol. The molecule has 1 amide bonds. The Morgan fingerprint density at radius 2 is 2.07 bits per heavy atom. The van der Waals surface area contributed by atoms with Gasteiger partial charge in [0.1, 0.15) is 0 Å². The van der Waals surface area contributed by atoms with Crippen LogP contribution in [0.5, 0.6) is 0 Å². The zero-order chi connectivity index (χ0) is 11.5. The second-order valence-corrected chi connectivity index (χ2v) is 5.12. The van der Waals surface area contributed by atoms with Gasteiger partial charge >= 0.3 is 0 Å². The maximum Gasteiger partial charge on any atom is 0.236 e. The molecule has 0 aliphatic carbocycles. The van der Waals surface area contributed by atoms with Crippen LogP contribution in [0.2, 0.25) is 0 Å². The third-order valence-electron chi connectivity index (χ3n) is 3.30. The Morgan fingerprint density at radius 1 is 1.53 bits per heavy atom. The maximum atomic E-state index is 11.3. The van der Waals surface area contributed by atoms with Gasteiger partial charge in [-0.1, -0.05) is 6.92 Å². The first-order valence-electron chi connectivity index (χ1n) is 5.65. The second-order valence-electron chi connectivity index (χ2n) is 5.12. The molecule has 3 N–H and O–H groups in total. The minimum absolute atomic E-state index is 0.0462. The first kappa shape index (κ1) is 12.5. The summed E-state index contributed by atoms with van der Waals surface area (Å²) in [7, 11) is 2.14. The number of piperidine rings is 1. The monoisotopic (exact) mass is 213 g/mol. The van der Waals surface area contributed by atoms with Crippen LogP contribution < -0.4 is 11.1 Å². The van der Waals surface area contributed by atoms with Gasteiger partial charge in [-0.05, 0) is 45.3 Å². The average molecular weight is 213 g/mol. The van der Waals surface area contributed by atoms with Crippen molar-refractivity contribution in [2.45, 2.75) is 32.7 Å². The lowest BCUT2D eigenvalue weighted by molar-refractivity contribution is -0.122. The van der Waals surface area contributed by atoms with Gasteiger partial charge in [-0.15, -0.1) is 0 Å². The van der Waals surface area contributed by atoms with E-state index in [0.717, 1.165) is 32.5 Å². The lowest BCUT2D eigenvalue weighted by atomic mass is 9.80. The van der Waals surface area contributed by atoms with E-state index in [1.807, 2.05) is 0 Å². The van der Waals surface area contributed by atoms with Gasteiger partial charge in [-0.3, -0.25) is 4.79 Å². The molecule has 1 saturated heterocycles. The van der Waals surface area contributed by atoms with E-state index in [1.54, 1.807) is 6.92 Å². The molecule has 0 unspecified atom stereocenters. The first-order chi connectivity index (χ1) is 6.93. The number of nitrogens with one attached hydrogen (secondary N) is 1. The molecule has 0 bridgehead atoms. The van der Waals surface area contributed by atoms with Crippen LogP contribution in [-0.4, -0.2) is 43.5 Å². The number of nitrogens with zero attached hydrogens (tertiary/aromatic N) is 1. The molecule has 1 fully saturated rings. The summed E-state index contributed by atoms with van der Waals surface area (Å²) in [6.07, 6.45) is 2.28. The molecular weight excluding hydrogens is 190 g/mol. The molecule has 1 heterocycles. The summed E-state index contributed by atoms with van der Waals surface area (Å²) in [5.74, 6) is -0.0462. The van der Waals surface area contributed by atoms with Gasteiger partial charge in [-0.2, -0.15) is 0 Å². The van der Waals surface area contributed by atoms with Gasteiger partial charge in [0.15, 0.2) is 0 Å². The van der Waals surface area contributed by atoms with Gasteiger partial charge in [0.2, 0.25) is 5.91 Å². The Hall–Kier alpha value is -0.610. The largest absolute Gasteiger partial charge is 0.354 e. The minimum Gasteiger partial charge on any atom is -0.354 e. The standard InChI is InChI=1S/C11H23N3O/c1-9(12)10(15)13-8-11(2)4-6-14(3)7-5-11/h9H,4-8,12H2,1-3H3,(H,13,15)/t9-/m1/s1. The molecule has 1 atom stereocenters. The highest BCUT2D eigenvalue weighted by Crippen LogP contribution is 2.29. The molecule has 0 aromatic heterocycles. The number of amides is 1. The molecule has 0 aromatic rings. The number of carbonyl (C=O) groups is 1. The molecule has 15 heavy (non-hydrogen) atoms. The fourth-order valence-corrected chi connectivity index (χ4v) is 1.80. The first-order valence-corrected chi connectivity index (χ1v) is 5.65. The van der Waals surface area contributed by atoms with Crippen LogP contribution in [0.4, 0.5) is 0 Å². The Bertz CT molecular complexity index is 220. The summed E-state index contributed by atoms with van der Waals surface area (Å²) in [5, 5.41) is 2.92. The summed E-state index contributed by atoms with van der Waals surface area (Å²) < 4.78 is 0. The average Bonchev–Trinajstić information content (AvgIpc) is 2.19. The van der Waals surface area contributed by atoms with Crippen LogP contribution in [0.25, 0.3) is 0 Å². The van der Waals surface area contributed by atoms with Crippen molar-refractivity contribution in [1.29, 1.82) is 0 Å². The number of hydrogen-bond donors (Lipinski definition) is 2. The van der Waals surface area contributed by atoms with Gasteiger partial charge in [0.25, 0.3) is 0 Å². The molecule has 4 nitrogen and oxygen atoms in total. The Labute approximate surface area is 92.2 Å². The predicted octanol–water partition coefficient (Wildman–Crippen LogP) is 0.182. The third-order valence-corrected chi connectivity index (χ3v) is 3.30. The molecular formula is C11H23N3O. The van der Waals surface area contributed by atoms with Crippen molar-refractivity contribution in [3.63, 3.8) is 0 Å². The van der Waals surface area contributed by atoms with Gasteiger partial charge in [0, 0.05) is 6.54 Å². The van der Waals surface area contributed by atoms with Crippen molar-refractivity contribution in [3.05, 3.63) is 0 Å². The molecule has 88 valence electrons. The molecule has 0 aromatic carbocycles. The van der Waals surface area contributed by atoms with E-state index in [9.17, 15) is 4.79 Å². The fraction of sp³-hybridized carbons (Fsp3) is 0.909. The molecule has 0 radical (unpaired) electrons. The molecule has 0 spiro atoms. The number of rotatable bonds is 3. The van der Waals surface area contributed by atoms with Crippen LogP contribution >= 0.6 is 0 Å². The summed E-state index contributed by atoms with van der Waals surface area (Å²) >= 11 is 0. The van der Waals surface area contributed by atoms with Crippen molar-refractivity contribution in [3.8, 4) is 0 Å². The Kier molecular flexibility index (Phi) is 4.11. The van der Waals surface area contributed by atoms with Crippen LogP contribution in [-0.2, 0) is 4.79 Å². The maximum absolute atomic E-state index is 11.3. The summed E-state index contributed by atoms with van der Waals surface area (Å²) in [4.78, 5) is 13.7. The van der Waals surface area contributed by atoms with Crippen molar-refractivity contribution in [2.24, 2.45) is 11.1 Å². The summed E-state index contributed by atoms with van der Waals surface area (Å²) in [6, 6.07) is -0.403. The highest BCUT2D eigenvalue weighted by Gasteiger charge is 2.29. The molecule has 1 rings (SSSR count). The topological polar surface area (TPSA) is 58.4 Å². The molecule has 1 aliphatic heterocycles. The molecule has 4 heteroatoms. The van der Waals surface area contributed by atoms with E-state index in [4.69, 9.17) is 5.73 Å². The van der Waals surface area contributed by atoms with Crippen molar-refractivity contribution < 1.29 is 4.79 Å². The van der Waals surface area contributed by atoms with E-state index < -0.39 is 6.04 Å². The third kappa shape index (κ3) is 3.80. The van der Waals surface area contributed by atoms with Crippen molar-refractivity contribution in [2.75, 3.05) is 26.7 Å². The number of likely N-dealkylation sites (tertiary alicyclic amines) is 1. The lowest BCUT2D eigenvalue weighted by Gasteiger charge is -2.38. The van der Waals surface area contributed by atoms with Crippen LogP contribution in [0.15, 0.2) is 0 Å². The van der Waals surface area contributed by atoms with Crippen LogP contribution in [0.3, 0.4) is 0 Å². The minimum atomic E-state index is -0.403. The smallest absolute Gasteiger partial charge is 0.236 e. The van der Waals surface area contributed by atoms with Crippen molar-refractivity contribution in [1.82, 2.24) is 10.2 Å². The van der Waals surface area contributed by atoms with E-state index in [1.165, 1.54) is 0 Å². The Balaban J connectivity index is 2.34. The van der Waals surface area contributed by atoms with E-state index in [2.05, 4.69) is 24.2 Å². The fourth-order valence-electron chi connectivity index (χ4n) is 1.80. The second kappa shape index (κ2) is 4.94. The highest BCUT2D eigenvalue weighted by atomic mass is 16.2. The number of nitrogens with two attached hydrogens (primary N) is 1. The van der Waals surface area contributed by atoms with Crippen molar-refractivity contribution >= 4 is 5.91 Å². The quantitative estimate of drug-likeness (QED) is 0.703. The molecule has 1 aliphatic rings. The zero-order valence-corrected chi connectivity index (χ0v) is 10.0. The lowest BCUT2D eigenvalue weighted by Crippen LogP contribution is -2.46. The van der Waals surface area contributed by atoms with Gasteiger partial charge in [-0.25, -0.2) is 0 Å². The SMILES string of the molecule is C[C@@H](N)C(=O)NCC1(C)CCN(C)CC1. The summed E-state index contributed by atoms with van der Waals surface area (Å²) in [5.41, 5.74) is 5.74. The Morgan fingerprint density at radius 3 is 2.53 bits per heavy atom. The van der Waals surface area contributed by atoms with E-state index >= 15 is 0 Å².